The normalized spacial score (nSPS) is 12.9. The zero-order valence-corrected chi connectivity index (χ0v) is 7.83. The van der Waals surface area contributed by atoms with Gasteiger partial charge in [-0.3, -0.25) is 0 Å². The lowest BCUT2D eigenvalue weighted by Gasteiger charge is -2.18. The van der Waals surface area contributed by atoms with E-state index in [2.05, 4.69) is 9.72 Å². The van der Waals surface area contributed by atoms with Crippen LogP contribution in [0.5, 0.6) is 5.19 Å². The molecule has 0 saturated carbocycles. The quantitative estimate of drug-likeness (QED) is 0.835. The maximum atomic E-state index is 12.3. The molecule has 0 spiro atoms. The third-order valence-corrected chi connectivity index (χ3v) is 2.03. The number of halogens is 5. The molecular formula is C6H5F5N2OS. The lowest BCUT2D eigenvalue weighted by molar-refractivity contribution is -0.290. The zero-order chi connectivity index (χ0) is 11.7. The first-order valence-electron chi connectivity index (χ1n) is 3.51. The Hall–Kier alpha value is -1.12. The molecule has 9 heteroatoms. The molecule has 0 aliphatic heterocycles. The Bertz CT molecular complexity index is 337. The Morgan fingerprint density at radius 1 is 1.33 bits per heavy atom. The van der Waals surface area contributed by atoms with E-state index in [0.29, 0.717) is 11.3 Å². The van der Waals surface area contributed by atoms with E-state index in [9.17, 15) is 22.0 Å². The van der Waals surface area contributed by atoms with Crippen LogP contribution in [0.2, 0.25) is 0 Å². The third-order valence-electron chi connectivity index (χ3n) is 1.29. The van der Waals surface area contributed by atoms with Crippen LogP contribution in [0.25, 0.3) is 0 Å². The van der Waals surface area contributed by atoms with Crippen LogP contribution in [0.4, 0.5) is 27.0 Å². The monoisotopic (exact) mass is 248 g/mol. The molecule has 0 saturated heterocycles. The largest absolute Gasteiger partial charge is 0.463 e. The summed E-state index contributed by atoms with van der Waals surface area (Å²) in [5, 5.41) is -0.156. The highest BCUT2D eigenvalue weighted by molar-refractivity contribution is 7.17. The molecule has 0 fully saturated rings. The van der Waals surface area contributed by atoms with Gasteiger partial charge in [-0.25, -0.2) is 4.98 Å². The van der Waals surface area contributed by atoms with Gasteiger partial charge in [0.15, 0.2) is 6.61 Å². The summed E-state index contributed by atoms with van der Waals surface area (Å²) in [4.78, 5) is 3.37. The summed E-state index contributed by atoms with van der Waals surface area (Å²) < 4.78 is 63.8. The van der Waals surface area contributed by atoms with E-state index in [4.69, 9.17) is 5.73 Å². The van der Waals surface area contributed by atoms with Crippen molar-refractivity contribution in [2.45, 2.75) is 12.1 Å². The average molecular weight is 248 g/mol. The second kappa shape index (κ2) is 3.80. The van der Waals surface area contributed by atoms with Crippen LogP contribution < -0.4 is 10.5 Å². The van der Waals surface area contributed by atoms with E-state index in [0.717, 1.165) is 6.20 Å². The minimum Gasteiger partial charge on any atom is -0.463 e. The summed E-state index contributed by atoms with van der Waals surface area (Å²) in [7, 11) is 0. The summed E-state index contributed by atoms with van der Waals surface area (Å²) in [5.41, 5.74) is 5.17. The van der Waals surface area contributed by atoms with E-state index < -0.39 is 18.7 Å². The van der Waals surface area contributed by atoms with Crippen LogP contribution in [0.1, 0.15) is 0 Å². The Labute approximate surface area is 84.7 Å². The SMILES string of the molecule is Nc1cnc(OCC(F)(F)C(F)(F)F)s1. The van der Waals surface area contributed by atoms with E-state index in [1.165, 1.54) is 0 Å². The minimum absolute atomic E-state index is 0.167. The van der Waals surface area contributed by atoms with Crippen LogP contribution >= 0.6 is 11.3 Å². The van der Waals surface area contributed by atoms with Gasteiger partial charge in [-0.1, -0.05) is 11.3 Å². The van der Waals surface area contributed by atoms with Crippen molar-refractivity contribution in [1.82, 2.24) is 4.98 Å². The number of nitrogen functional groups attached to an aromatic ring is 1. The highest BCUT2D eigenvalue weighted by Crippen LogP contribution is 2.36. The van der Waals surface area contributed by atoms with Gasteiger partial charge >= 0.3 is 12.1 Å². The zero-order valence-electron chi connectivity index (χ0n) is 7.02. The highest BCUT2D eigenvalue weighted by Gasteiger charge is 2.58. The first-order valence-corrected chi connectivity index (χ1v) is 4.33. The molecule has 15 heavy (non-hydrogen) atoms. The minimum atomic E-state index is -5.63. The highest BCUT2D eigenvalue weighted by atomic mass is 32.1. The van der Waals surface area contributed by atoms with Crippen LogP contribution in [0.15, 0.2) is 6.20 Å². The van der Waals surface area contributed by atoms with Crippen molar-refractivity contribution < 1.29 is 26.7 Å². The van der Waals surface area contributed by atoms with Crippen molar-refractivity contribution in [2.24, 2.45) is 0 Å². The fourth-order valence-electron chi connectivity index (χ4n) is 0.571. The van der Waals surface area contributed by atoms with E-state index in [1.54, 1.807) is 0 Å². The van der Waals surface area contributed by atoms with Crippen LogP contribution in [-0.2, 0) is 0 Å². The molecular weight excluding hydrogens is 243 g/mol. The maximum Gasteiger partial charge on any atom is 0.456 e. The standard InChI is InChI=1S/C6H5F5N2OS/c7-5(8,6(9,10)11)2-14-4-13-1-3(12)15-4/h1H,2,12H2. The molecule has 0 unspecified atom stereocenters. The van der Waals surface area contributed by atoms with Crippen molar-refractivity contribution in [3.05, 3.63) is 6.20 Å². The molecule has 0 atom stereocenters. The molecule has 3 nitrogen and oxygen atoms in total. The molecule has 1 rings (SSSR count). The molecule has 86 valence electrons. The Balaban J connectivity index is 2.57. The predicted molar refractivity (Wildman–Crippen MR) is 43.0 cm³/mol. The van der Waals surface area contributed by atoms with Gasteiger partial charge < -0.3 is 10.5 Å². The predicted octanol–water partition coefficient (Wildman–Crippen LogP) is 2.30. The number of nitrogens with zero attached hydrogens (tertiary/aromatic N) is 1. The maximum absolute atomic E-state index is 12.3. The summed E-state index contributed by atoms with van der Waals surface area (Å²) >= 11 is 0.683. The number of hydrogen-bond acceptors (Lipinski definition) is 4. The van der Waals surface area contributed by atoms with Crippen molar-refractivity contribution >= 4 is 16.3 Å². The van der Waals surface area contributed by atoms with Crippen molar-refractivity contribution in [1.29, 1.82) is 0 Å². The average Bonchev–Trinajstić information content (AvgIpc) is 2.46. The van der Waals surface area contributed by atoms with Crippen LogP contribution in [0.3, 0.4) is 0 Å². The van der Waals surface area contributed by atoms with Gasteiger partial charge in [-0.2, -0.15) is 22.0 Å². The van der Waals surface area contributed by atoms with Gasteiger partial charge in [0.2, 0.25) is 0 Å². The second-order valence-corrected chi connectivity index (χ2v) is 3.54. The number of aromatic nitrogens is 1. The second-order valence-electron chi connectivity index (χ2n) is 2.52. The summed E-state index contributed by atoms with van der Waals surface area (Å²) in [6.45, 7) is -1.80. The van der Waals surface area contributed by atoms with E-state index >= 15 is 0 Å². The number of alkyl halides is 5. The Kier molecular flexibility index (Phi) is 3.03. The number of thiazole rings is 1. The fourth-order valence-corrected chi connectivity index (χ4v) is 1.10. The van der Waals surface area contributed by atoms with Gasteiger partial charge in [0.25, 0.3) is 5.19 Å². The van der Waals surface area contributed by atoms with Gasteiger partial charge in [-0.15, -0.1) is 0 Å². The van der Waals surface area contributed by atoms with Gasteiger partial charge in [-0.05, 0) is 0 Å². The smallest absolute Gasteiger partial charge is 0.456 e. The van der Waals surface area contributed by atoms with Crippen molar-refractivity contribution in [3.8, 4) is 5.19 Å². The van der Waals surface area contributed by atoms with E-state index in [1.807, 2.05) is 0 Å². The summed E-state index contributed by atoms with van der Waals surface area (Å²) in [6, 6.07) is 0. The van der Waals surface area contributed by atoms with Gasteiger partial charge in [0, 0.05) is 0 Å². The topological polar surface area (TPSA) is 48.1 Å². The molecule has 0 bridgehead atoms. The molecule has 0 aliphatic rings. The Morgan fingerprint density at radius 2 is 1.93 bits per heavy atom. The summed E-state index contributed by atoms with van der Waals surface area (Å²) in [5.74, 6) is -4.90. The molecule has 0 radical (unpaired) electrons. The molecule has 1 aromatic rings. The number of nitrogens with two attached hydrogens (primary N) is 1. The number of hydrogen-bond donors (Lipinski definition) is 1. The van der Waals surface area contributed by atoms with Crippen molar-refractivity contribution in [3.63, 3.8) is 0 Å². The number of ether oxygens (including phenoxy) is 1. The fraction of sp³-hybridized carbons (Fsp3) is 0.500. The molecule has 0 aliphatic carbocycles. The van der Waals surface area contributed by atoms with Crippen LogP contribution in [-0.4, -0.2) is 23.7 Å². The van der Waals surface area contributed by atoms with E-state index in [-0.39, 0.29) is 10.2 Å². The molecule has 0 amide bonds. The summed E-state index contributed by atoms with van der Waals surface area (Å²) in [6.07, 6.45) is -4.53. The van der Waals surface area contributed by atoms with Crippen molar-refractivity contribution in [2.75, 3.05) is 12.3 Å². The molecule has 1 heterocycles. The van der Waals surface area contributed by atoms with Crippen LogP contribution in [0, 0.1) is 0 Å². The first-order chi connectivity index (χ1) is 6.72. The molecule has 0 aromatic carbocycles. The Morgan fingerprint density at radius 3 is 2.33 bits per heavy atom. The number of anilines is 1. The first kappa shape index (κ1) is 12.0. The van der Waals surface area contributed by atoms with Gasteiger partial charge in [0.1, 0.15) is 5.00 Å². The third kappa shape index (κ3) is 2.91. The lowest BCUT2D eigenvalue weighted by atomic mass is 10.3. The number of rotatable bonds is 3. The molecule has 2 N–H and O–H groups in total. The lowest BCUT2D eigenvalue weighted by Crippen LogP contribution is -2.41. The van der Waals surface area contributed by atoms with Gasteiger partial charge in [0.05, 0.1) is 6.20 Å². The molecule has 1 aromatic heterocycles.